The summed E-state index contributed by atoms with van der Waals surface area (Å²) < 4.78 is 5.11. The van der Waals surface area contributed by atoms with Crippen LogP contribution in [0.25, 0.3) is 0 Å². The molecule has 1 rings (SSSR count). The van der Waals surface area contributed by atoms with E-state index in [1.807, 2.05) is 13.8 Å². The van der Waals surface area contributed by atoms with Gasteiger partial charge in [-0.1, -0.05) is 28.8 Å². The Bertz CT molecular complexity index is 178. The van der Waals surface area contributed by atoms with E-state index in [1.54, 1.807) is 0 Å². The quantitative estimate of drug-likeness (QED) is 0.567. The topological polar surface area (TPSA) is 26.3 Å². The van der Waals surface area contributed by atoms with Crippen LogP contribution in [0.15, 0.2) is 0 Å². The molecule has 1 fully saturated rings. The molecule has 0 N–H and O–H groups in total. The molecule has 2 nitrogen and oxygen atoms in total. The lowest BCUT2D eigenvalue weighted by molar-refractivity contribution is -0.148. The number of rotatable bonds is 3. The third-order valence-corrected chi connectivity index (χ3v) is 2.48. The Labute approximate surface area is 88.2 Å². The zero-order valence-electron chi connectivity index (χ0n) is 8.31. The fourth-order valence-electron chi connectivity index (χ4n) is 1.52. The third kappa shape index (κ3) is 4.12. The third-order valence-electron chi connectivity index (χ3n) is 2.25. The van der Waals surface area contributed by atoms with Gasteiger partial charge in [-0.2, -0.15) is 0 Å². The summed E-state index contributed by atoms with van der Waals surface area (Å²) >= 11 is 3.44. The molecule has 0 aromatic heterocycles. The first kappa shape index (κ1) is 11.0. The van der Waals surface area contributed by atoms with Crippen molar-refractivity contribution in [1.29, 1.82) is 0 Å². The van der Waals surface area contributed by atoms with Crippen molar-refractivity contribution in [1.82, 2.24) is 0 Å². The highest BCUT2D eigenvalue weighted by molar-refractivity contribution is 9.10. The van der Waals surface area contributed by atoms with Gasteiger partial charge < -0.3 is 4.74 Å². The lowest BCUT2D eigenvalue weighted by atomic mass is 10.1. The highest BCUT2D eigenvalue weighted by atomic mass is 79.9. The second-order valence-electron chi connectivity index (χ2n) is 4.31. The minimum absolute atomic E-state index is 0.00924. The van der Waals surface area contributed by atoms with Crippen molar-refractivity contribution in [3.8, 4) is 0 Å². The Balaban J connectivity index is 2.25. The largest absolute Gasteiger partial charge is 0.464 e. The average Bonchev–Trinajstić information content (AvgIpc) is 2.50. The molecule has 0 unspecified atom stereocenters. The zero-order valence-corrected chi connectivity index (χ0v) is 9.89. The van der Waals surface area contributed by atoms with Gasteiger partial charge in [-0.05, 0) is 26.7 Å². The maximum Gasteiger partial charge on any atom is 0.308 e. The number of halogens is 1. The van der Waals surface area contributed by atoms with Crippen LogP contribution >= 0.6 is 15.9 Å². The van der Waals surface area contributed by atoms with Crippen LogP contribution in [0, 0.1) is 5.92 Å². The molecule has 3 heteroatoms. The number of carbonyl (C=O) groups excluding carboxylic acids is 1. The van der Waals surface area contributed by atoms with Crippen LogP contribution in [0.3, 0.4) is 0 Å². The SMILES string of the molecule is CC(C)(Br)COC(=O)C1CCCC1. The number of hydrogen-bond acceptors (Lipinski definition) is 2. The van der Waals surface area contributed by atoms with E-state index < -0.39 is 0 Å². The predicted octanol–water partition coefficient (Wildman–Crippen LogP) is 2.89. The normalized spacial score (nSPS) is 19.0. The molecule has 0 saturated heterocycles. The lowest BCUT2D eigenvalue weighted by Gasteiger charge is -2.17. The molecule has 0 spiro atoms. The molecule has 0 aliphatic heterocycles. The summed E-state index contributed by atoms with van der Waals surface area (Å²) in [5.41, 5.74) is 0. The number of alkyl halides is 1. The maximum absolute atomic E-state index is 11.4. The van der Waals surface area contributed by atoms with Gasteiger partial charge in [-0.25, -0.2) is 0 Å². The van der Waals surface area contributed by atoms with E-state index in [2.05, 4.69) is 15.9 Å². The zero-order chi connectivity index (χ0) is 9.90. The van der Waals surface area contributed by atoms with Crippen molar-refractivity contribution >= 4 is 21.9 Å². The Morgan fingerprint density at radius 3 is 2.46 bits per heavy atom. The monoisotopic (exact) mass is 248 g/mol. The first-order valence-electron chi connectivity index (χ1n) is 4.84. The smallest absolute Gasteiger partial charge is 0.308 e. The molecule has 76 valence electrons. The minimum atomic E-state index is -0.0960. The summed E-state index contributed by atoms with van der Waals surface area (Å²) in [5, 5.41) is 0. The van der Waals surface area contributed by atoms with E-state index in [0.717, 1.165) is 12.8 Å². The van der Waals surface area contributed by atoms with Crippen LogP contribution in [-0.4, -0.2) is 16.9 Å². The van der Waals surface area contributed by atoms with Crippen LogP contribution in [0.4, 0.5) is 0 Å². The Kier molecular flexibility index (Phi) is 3.77. The van der Waals surface area contributed by atoms with Crippen molar-refractivity contribution in [3.05, 3.63) is 0 Å². The van der Waals surface area contributed by atoms with Crippen molar-refractivity contribution in [2.45, 2.75) is 43.9 Å². The molecule has 0 amide bonds. The summed E-state index contributed by atoms with van der Waals surface area (Å²) in [6, 6.07) is 0. The standard InChI is InChI=1S/C10H17BrO2/c1-10(2,11)7-13-9(12)8-5-3-4-6-8/h8H,3-7H2,1-2H3. The Morgan fingerprint density at radius 2 is 2.00 bits per heavy atom. The van der Waals surface area contributed by atoms with Crippen molar-refractivity contribution < 1.29 is 9.53 Å². The van der Waals surface area contributed by atoms with Gasteiger partial charge in [-0.3, -0.25) is 4.79 Å². The number of hydrogen-bond donors (Lipinski definition) is 0. The van der Waals surface area contributed by atoms with Gasteiger partial charge in [0.25, 0.3) is 0 Å². The number of ether oxygens (including phenoxy) is 1. The molecule has 0 radical (unpaired) electrons. The first-order chi connectivity index (χ1) is 5.99. The van der Waals surface area contributed by atoms with Gasteiger partial charge in [0.1, 0.15) is 6.61 Å². The van der Waals surface area contributed by atoms with Gasteiger partial charge in [0.15, 0.2) is 0 Å². The predicted molar refractivity (Wildman–Crippen MR) is 55.9 cm³/mol. The maximum atomic E-state index is 11.4. The van der Waals surface area contributed by atoms with Crippen LogP contribution in [0.1, 0.15) is 39.5 Å². The molecular formula is C10H17BrO2. The molecule has 0 aromatic carbocycles. The van der Waals surface area contributed by atoms with Crippen molar-refractivity contribution in [2.24, 2.45) is 5.92 Å². The molecule has 0 aromatic rings. The van der Waals surface area contributed by atoms with E-state index in [1.165, 1.54) is 12.8 Å². The summed E-state index contributed by atoms with van der Waals surface area (Å²) in [4.78, 5) is 11.4. The fourth-order valence-corrected chi connectivity index (χ4v) is 1.64. The highest BCUT2D eigenvalue weighted by Gasteiger charge is 2.25. The second kappa shape index (κ2) is 4.45. The Morgan fingerprint density at radius 1 is 1.46 bits per heavy atom. The number of carbonyl (C=O) groups is 1. The van der Waals surface area contributed by atoms with Crippen LogP contribution < -0.4 is 0 Å². The number of esters is 1. The summed E-state index contributed by atoms with van der Waals surface area (Å²) in [6.45, 7) is 4.45. The lowest BCUT2D eigenvalue weighted by Crippen LogP contribution is -2.24. The van der Waals surface area contributed by atoms with E-state index in [9.17, 15) is 4.79 Å². The summed E-state index contributed by atoms with van der Waals surface area (Å²) in [5.74, 6) is 0.167. The molecule has 1 aliphatic carbocycles. The van der Waals surface area contributed by atoms with Crippen molar-refractivity contribution in [3.63, 3.8) is 0 Å². The Hall–Kier alpha value is -0.0500. The highest BCUT2D eigenvalue weighted by Crippen LogP contribution is 2.26. The average molecular weight is 249 g/mol. The summed E-state index contributed by atoms with van der Waals surface area (Å²) in [6.07, 6.45) is 4.39. The molecule has 0 heterocycles. The van der Waals surface area contributed by atoms with Crippen molar-refractivity contribution in [2.75, 3.05) is 6.61 Å². The summed E-state index contributed by atoms with van der Waals surface area (Å²) in [7, 11) is 0. The van der Waals surface area contributed by atoms with Gasteiger partial charge in [0.2, 0.25) is 0 Å². The molecule has 0 atom stereocenters. The van der Waals surface area contributed by atoms with E-state index in [-0.39, 0.29) is 16.2 Å². The van der Waals surface area contributed by atoms with Gasteiger partial charge >= 0.3 is 5.97 Å². The van der Waals surface area contributed by atoms with Gasteiger partial charge in [-0.15, -0.1) is 0 Å². The van der Waals surface area contributed by atoms with E-state index >= 15 is 0 Å². The molecule has 13 heavy (non-hydrogen) atoms. The molecule has 1 aliphatic rings. The van der Waals surface area contributed by atoms with E-state index in [4.69, 9.17) is 4.74 Å². The van der Waals surface area contributed by atoms with E-state index in [0.29, 0.717) is 6.61 Å². The van der Waals surface area contributed by atoms with Gasteiger partial charge in [0, 0.05) is 0 Å². The molecular weight excluding hydrogens is 232 g/mol. The first-order valence-corrected chi connectivity index (χ1v) is 5.64. The fraction of sp³-hybridized carbons (Fsp3) is 0.900. The van der Waals surface area contributed by atoms with Crippen LogP contribution in [0.2, 0.25) is 0 Å². The minimum Gasteiger partial charge on any atom is -0.464 e. The van der Waals surface area contributed by atoms with Gasteiger partial charge in [0.05, 0.1) is 10.2 Å². The van der Waals surface area contributed by atoms with Crippen LogP contribution in [-0.2, 0) is 9.53 Å². The second-order valence-corrected chi connectivity index (χ2v) is 6.45. The molecule has 1 saturated carbocycles. The van der Waals surface area contributed by atoms with Crippen LogP contribution in [0.5, 0.6) is 0 Å². The molecule has 0 bridgehead atoms.